The van der Waals surface area contributed by atoms with Crippen LogP contribution in [0, 0.1) is 15.9 Å². The molecule has 0 bridgehead atoms. The molecule has 0 radical (unpaired) electrons. The Morgan fingerprint density at radius 2 is 2.33 bits per heavy atom. The zero-order valence-electron chi connectivity index (χ0n) is 9.82. The average Bonchev–Trinajstić information content (AvgIpc) is 2.31. The Kier molecular flexibility index (Phi) is 3.82. The van der Waals surface area contributed by atoms with Gasteiger partial charge in [0.1, 0.15) is 11.5 Å². The van der Waals surface area contributed by atoms with Gasteiger partial charge in [-0.05, 0) is 22.9 Å². The number of nitrogens with zero attached hydrogens (tertiary/aromatic N) is 2. The van der Waals surface area contributed by atoms with Crippen LogP contribution < -0.4 is 10.2 Å². The van der Waals surface area contributed by atoms with Crippen LogP contribution in [0.3, 0.4) is 0 Å². The number of nitro benzene ring substituents is 1. The second-order valence-electron chi connectivity index (χ2n) is 4.31. The van der Waals surface area contributed by atoms with Crippen LogP contribution in [-0.4, -0.2) is 30.6 Å². The number of benzene rings is 1. The molecular weight excluding hydrogens is 305 g/mol. The molecule has 1 aromatic carbocycles. The van der Waals surface area contributed by atoms with Gasteiger partial charge in [0.2, 0.25) is 0 Å². The minimum Gasteiger partial charge on any atom is -0.363 e. The van der Waals surface area contributed by atoms with Gasteiger partial charge >= 0.3 is 0 Å². The molecule has 1 aromatic rings. The van der Waals surface area contributed by atoms with Gasteiger partial charge in [0, 0.05) is 37.8 Å². The SMILES string of the molecule is C[C@@H]1CN(c2cc(F)c(Br)cc2[N+](=O)[O-])CCN1. The van der Waals surface area contributed by atoms with Gasteiger partial charge in [-0.1, -0.05) is 0 Å². The van der Waals surface area contributed by atoms with Crippen LogP contribution in [0.5, 0.6) is 0 Å². The molecule has 0 spiro atoms. The Labute approximate surface area is 112 Å². The van der Waals surface area contributed by atoms with E-state index in [1.165, 1.54) is 12.1 Å². The number of halogens is 2. The van der Waals surface area contributed by atoms with E-state index in [-0.39, 0.29) is 16.2 Å². The molecule has 1 aliphatic heterocycles. The van der Waals surface area contributed by atoms with Crippen molar-refractivity contribution >= 4 is 27.3 Å². The largest absolute Gasteiger partial charge is 0.363 e. The predicted molar refractivity (Wildman–Crippen MR) is 70.4 cm³/mol. The summed E-state index contributed by atoms with van der Waals surface area (Å²) in [6, 6.07) is 2.67. The van der Waals surface area contributed by atoms with Gasteiger partial charge in [0.25, 0.3) is 5.69 Å². The number of hydrogen-bond acceptors (Lipinski definition) is 4. The van der Waals surface area contributed by atoms with Crippen LogP contribution in [0.25, 0.3) is 0 Å². The Bertz CT molecular complexity index is 484. The van der Waals surface area contributed by atoms with Gasteiger partial charge < -0.3 is 10.2 Å². The van der Waals surface area contributed by atoms with E-state index < -0.39 is 10.7 Å². The fourth-order valence-corrected chi connectivity index (χ4v) is 2.41. The first-order valence-electron chi connectivity index (χ1n) is 5.61. The first kappa shape index (κ1) is 13.2. The lowest BCUT2D eigenvalue weighted by molar-refractivity contribution is -0.384. The first-order chi connectivity index (χ1) is 8.49. The molecule has 1 saturated heterocycles. The third-order valence-electron chi connectivity index (χ3n) is 2.92. The molecule has 1 heterocycles. The second kappa shape index (κ2) is 5.19. The highest BCUT2D eigenvalue weighted by Gasteiger charge is 2.25. The zero-order valence-corrected chi connectivity index (χ0v) is 11.4. The number of nitrogens with one attached hydrogen (secondary N) is 1. The van der Waals surface area contributed by atoms with Crippen LogP contribution in [0.15, 0.2) is 16.6 Å². The highest BCUT2D eigenvalue weighted by atomic mass is 79.9. The summed E-state index contributed by atoms with van der Waals surface area (Å²) in [6.45, 7) is 3.98. The van der Waals surface area contributed by atoms with Crippen molar-refractivity contribution < 1.29 is 9.31 Å². The van der Waals surface area contributed by atoms with Crippen LogP contribution in [0.1, 0.15) is 6.92 Å². The average molecular weight is 318 g/mol. The summed E-state index contributed by atoms with van der Waals surface area (Å²) in [4.78, 5) is 12.4. The zero-order chi connectivity index (χ0) is 13.3. The molecule has 1 aliphatic rings. The quantitative estimate of drug-likeness (QED) is 0.671. The summed E-state index contributed by atoms with van der Waals surface area (Å²) in [7, 11) is 0. The summed E-state index contributed by atoms with van der Waals surface area (Å²) < 4.78 is 13.7. The molecule has 7 heteroatoms. The topological polar surface area (TPSA) is 58.4 Å². The normalized spacial score (nSPS) is 19.9. The maximum Gasteiger partial charge on any atom is 0.293 e. The van der Waals surface area contributed by atoms with Crippen molar-refractivity contribution in [3.05, 3.63) is 32.5 Å². The number of rotatable bonds is 2. The summed E-state index contributed by atoms with van der Waals surface area (Å²) in [5.41, 5.74) is 0.270. The molecule has 1 atom stereocenters. The highest BCUT2D eigenvalue weighted by molar-refractivity contribution is 9.10. The monoisotopic (exact) mass is 317 g/mol. The third kappa shape index (κ3) is 2.62. The molecule has 0 aromatic heterocycles. The van der Waals surface area contributed by atoms with Gasteiger partial charge in [0.15, 0.2) is 0 Å². The molecule has 1 N–H and O–H groups in total. The van der Waals surface area contributed by atoms with E-state index in [0.29, 0.717) is 18.8 Å². The summed E-state index contributed by atoms with van der Waals surface area (Å²) in [6.07, 6.45) is 0. The number of anilines is 1. The van der Waals surface area contributed by atoms with Crippen LogP contribution in [0.4, 0.5) is 15.8 Å². The third-order valence-corrected chi connectivity index (χ3v) is 3.53. The molecule has 0 amide bonds. The standard InChI is InChI=1S/C11H13BrFN3O2/c1-7-6-15(3-2-14-7)10-5-9(13)8(12)4-11(10)16(17)18/h4-5,7,14H,2-3,6H2,1H3/t7-/m1/s1. The van der Waals surface area contributed by atoms with Crippen LogP contribution in [0.2, 0.25) is 0 Å². The van der Waals surface area contributed by atoms with E-state index in [9.17, 15) is 14.5 Å². The number of nitro groups is 1. The lowest BCUT2D eigenvalue weighted by Gasteiger charge is -2.33. The van der Waals surface area contributed by atoms with Crippen molar-refractivity contribution in [3.63, 3.8) is 0 Å². The summed E-state index contributed by atoms with van der Waals surface area (Å²) in [5.74, 6) is -0.484. The minimum absolute atomic E-state index is 0.0719. The molecular formula is C11H13BrFN3O2. The van der Waals surface area contributed by atoms with Gasteiger partial charge in [-0.3, -0.25) is 10.1 Å². The summed E-state index contributed by atoms with van der Waals surface area (Å²) >= 11 is 2.97. The van der Waals surface area contributed by atoms with E-state index in [2.05, 4.69) is 21.2 Å². The maximum atomic E-state index is 13.6. The van der Waals surface area contributed by atoms with Gasteiger partial charge in [-0.25, -0.2) is 4.39 Å². The molecule has 18 heavy (non-hydrogen) atoms. The van der Waals surface area contributed by atoms with E-state index in [1.54, 1.807) is 0 Å². The van der Waals surface area contributed by atoms with E-state index >= 15 is 0 Å². The lowest BCUT2D eigenvalue weighted by Crippen LogP contribution is -2.49. The Morgan fingerprint density at radius 3 is 2.94 bits per heavy atom. The molecule has 0 unspecified atom stereocenters. The maximum absolute atomic E-state index is 13.6. The molecule has 98 valence electrons. The minimum atomic E-state index is -0.484. The van der Waals surface area contributed by atoms with Crippen molar-refractivity contribution in [2.45, 2.75) is 13.0 Å². The van der Waals surface area contributed by atoms with E-state index in [4.69, 9.17) is 0 Å². The summed E-state index contributed by atoms with van der Waals surface area (Å²) in [5, 5.41) is 14.3. The number of piperazine rings is 1. The first-order valence-corrected chi connectivity index (χ1v) is 6.40. The Balaban J connectivity index is 2.41. The molecule has 1 fully saturated rings. The van der Waals surface area contributed by atoms with Crippen molar-refractivity contribution in [3.8, 4) is 0 Å². The van der Waals surface area contributed by atoms with Gasteiger partial charge in [-0.2, -0.15) is 0 Å². The Hall–Kier alpha value is -1.21. The van der Waals surface area contributed by atoms with Crippen molar-refractivity contribution in [2.24, 2.45) is 0 Å². The second-order valence-corrected chi connectivity index (χ2v) is 5.17. The van der Waals surface area contributed by atoms with E-state index in [0.717, 1.165) is 6.54 Å². The molecule has 2 rings (SSSR count). The van der Waals surface area contributed by atoms with Crippen molar-refractivity contribution in [2.75, 3.05) is 24.5 Å². The van der Waals surface area contributed by atoms with Gasteiger partial charge in [-0.15, -0.1) is 0 Å². The fourth-order valence-electron chi connectivity index (χ4n) is 2.08. The molecule has 0 aliphatic carbocycles. The molecule has 5 nitrogen and oxygen atoms in total. The van der Waals surface area contributed by atoms with Crippen molar-refractivity contribution in [1.29, 1.82) is 0 Å². The molecule has 0 saturated carbocycles. The van der Waals surface area contributed by atoms with Crippen LogP contribution in [-0.2, 0) is 0 Å². The lowest BCUT2D eigenvalue weighted by atomic mass is 10.2. The van der Waals surface area contributed by atoms with Crippen molar-refractivity contribution in [1.82, 2.24) is 5.32 Å². The smallest absolute Gasteiger partial charge is 0.293 e. The van der Waals surface area contributed by atoms with E-state index in [1.807, 2.05) is 11.8 Å². The highest BCUT2D eigenvalue weighted by Crippen LogP contribution is 2.33. The van der Waals surface area contributed by atoms with Crippen LogP contribution >= 0.6 is 15.9 Å². The fraction of sp³-hybridized carbons (Fsp3) is 0.455. The predicted octanol–water partition coefficient (Wildman–Crippen LogP) is 2.29. The number of hydrogen-bond donors (Lipinski definition) is 1. The van der Waals surface area contributed by atoms with Gasteiger partial charge in [0.05, 0.1) is 9.40 Å². The Morgan fingerprint density at radius 1 is 1.61 bits per heavy atom.